The van der Waals surface area contributed by atoms with Gasteiger partial charge in [0.05, 0.1) is 5.92 Å². The van der Waals surface area contributed by atoms with Crippen LogP contribution in [0.1, 0.15) is 44.1 Å². The molecule has 2 fully saturated rings. The molecule has 2 saturated heterocycles. The minimum atomic E-state index is -0.162. The summed E-state index contributed by atoms with van der Waals surface area (Å²) in [5.41, 5.74) is 3.40. The second kappa shape index (κ2) is 10.3. The van der Waals surface area contributed by atoms with Crippen LogP contribution in [0.25, 0.3) is 0 Å². The van der Waals surface area contributed by atoms with Crippen molar-refractivity contribution in [3.8, 4) is 0 Å². The minimum Gasteiger partial charge on any atom is -0.391 e. The summed E-state index contributed by atoms with van der Waals surface area (Å²) in [6, 6.07) is 7.77. The Kier molecular flexibility index (Phi) is 7.41. The molecule has 7 heteroatoms. The zero-order chi connectivity index (χ0) is 22.7. The Morgan fingerprint density at radius 1 is 1.09 bits per heavy atom. The van der Waals surface area contributed by atoms with Gasteiger partial charge in [0, 0.05) is 56.1 Å². The summed E-state index contributed by atoms with van der Waals surface area (Å²) in [5.74, 6) is 1.09. The molecule has 2 aliphatic heterocycles. The second-order valence-corrected chi connectivity index (χ2v) is 9.79. The van der Waals surface area contributed by atoms with E-state index in [0.29, 0.717) is 29.9 Å². The fourth-order valence-corrected chi connectivity index (χ4v) is 5.48. The number of amides is 1. The lowest BCUT2D eigenvalue weighted by Gasteiger charge is -2.39. The van der Waals surface area contributed by atoms with Crippen LogP contribution in [0.15, 0.2) is 35.5 Å². The molecule has 2 atom stereocenters. The molecule has 1 amide bonds. The van der Waals surface area contributed by atoms with E-state index in [2.05, 4.69) is 22.0 Å². The molecule has 1 aromatic carbocycles. The topological polar surface area (TPSA) is 62.7 Å². The maximum Gasteiger partial charge on any atom is 0.231 e. The van der Waals surface area contributed by atoms with Crippen molar-refractivity contribution in [3.05, 3.63) is 46.1 Å². The van der Waals surface area contributed by atoms with Crippen molar-refractivity contribution in [2.45, 2.75) is 38.5 Å². The fourth-order valence-electron chi connectivity index (χ4n) is 5.36. The molecule has 0 aromatic heterocycles. The Bertz CT molecular complexity index is 854. The van der Waals surface area contributed by atoms with Crippen molar-refractivity contribution in [2.75, 3.05) is 52.9 Å². The highest BCUT2D eigenvalue weighted by Crippen LogP contribution is 2.32. The van der Waals surface area contributed by atoms with Gasteiger partial charge >= 0.3 is 0 Å². The minimum absolute atomic E-state index is 0.162. The van der Waals surface area contributed by atoms with Gasteiger partial charge in [-0.15, -0.1) is 0 Å². The molecule has 2 heterocycles. The number of halogens is 1. The lowest BCUT2D eigenvalue weighted by Crippen LogP contribution is -2.52. The summed E-state index contributed by atoms with van der Waals surface area (Å²) in [6.45, 7) is 7.90. The third-order valence-corrected chi connectivity index (χ3v) is 7.57. The number of nitrogens with one attached hydrogen (secondary N) is 2. The molecular weight excluding hydrogens is 422 g/mol. The first-order valence-corrected chi connectivity index (χ1v) is 12.4. The van der Waals surface area contributed by atoms with Crippen molar-refractivity contribution in [1.29, 1.82) is 5.41 Å². The highest BCUT2D eigenvalue weighted by Gasteiger charge is 2.33. The van der Waals surface area contributed by atoms with Gasteiger partial charge in [-0.2, -0.15) is 0 Å². The number of benzene rings is 1. The molecule has 32 heavy (non-hydrogen) atoms. The Morgan fingerprint density at radius 3 is 2.34 bits per heavy atom. The zero-order valence-electron chi connectivity index (χ0n) is 19.4. The molecule has 4 rings (SSSR count). The summed E-state index contributed by atoms with van der Waals surface area (Å²) >= 11 is 6.11. The molecule has 3 aliphatic rings. The van der Waals surface area contributed by atoms with Gasteiger partial charge in [0.25, 0.3) is 0 Å². The normalized spacial score (nSPS) is 23.0. The predicted molar refractivity (Wildman–Crippen MR) is 130 cm³/mol. The number of hydrogen-bond donors (Lipinski definition) is 2. The molecule has 1 aliphatic carbocycles. The summed E-state index contributed by atoms with van der Waals surface area (Å²) in [4.78, 5) is 20.2. The fraction of sp³-hybridized carbons (Fsp3) is 0.600. The Hall–Kier alpha value is -2.05. The molecular formula is C25H36ClN5O. The maximum absolute atomic E-state index is 13.6. The first-order chi connectivity index (χ1) is 15.5. The van der Waals surface area contributed by atoms with Gasteiger partial charge < -0.3 is 20.0 Å². The molecule has 0 saturated carbocycles. The Morgan fingerprint density at radius 2 is 1.72 bits per heavy atom. The molecule has 0 radical (unpaired) electrons. The monoisotopic (exact) mass is 457 g/mol. The van der Waals surface area contributed by atoms with Gasteiger partial charge in [0.1, 0.15) is 5.84 Å². The standard InChI is InChI=1S/C25H36ClN5O/c1-18-5-10-22(28-2)23(18)24(27)30-13-15-31(16-14-30)25(32)21(17-29-11-3-4-12-29)19-6-8-20(26)9-7-19/h6-9,18,21,27-28H,3-5,10-17H2,1-2H3/t18-,21?/m1/s1. The van der Waals surface area contributed by atoms with Crippen LogP contribution in [-0.2, 0) is 4.79 Å². The van der Waals surface area contributed by atoms with Gasteiger partial charge in [-0.25, -0.2) is 0 Å². The number of amidine groups is 1. The predicted octanol–water partition coefficient (Wildman–Crippen LogP) is 3.54. The van der Waals surface area contributed by atoms with Crippen LogP contribution in [0, 0.1) is 11.3 Å². The highest BCUT2D eigenvalue weighted by atomic mass is 35.5. The number of carbonyl (C=O) groups is 1. The molecule has 2 N–H and O–H groups in total. The molecule has 6 nitrogen and oxygen atoms in total. The van der Waals surface area contributed by atoms with E-state index in [1.807, 2.05) is 36.2 Å². The van der Waals surface area contributed by atoms with Gasteiger partial charge in [0.2, 0.25) is 5.91 Å². The summed E-state index contributed by atoms with van der Waals surface area (Å²) < 4.78 is 0. The zero-order valence-corrected chi connectivity index (χ0v) is 20.1. The summed E-state index contributed by atoms with van der Waals surface area (Å²) in [6.07, 6.45) is 4.55. The number of rotatable bonds is 6. The van der Waals surface area contributed by atoms with Crippen molar-refractivity contribution in [3.63, 3.8) is 0 Å². The van der Waals surface area contributed by atoms with Crippen LogP contribution in [-0.4, -0.2) is 79.3 Å². The highest BCUT2D eigenvalue weighted by molar-refractivity contribution is 6.30. The van der Waals surface area contributed by atoms with Crippen LogP contribution in [0.2, 0.25) is 5.02 Å². The van der Waals surface area contributed by atoms with E-state index in [9.17, 15) is 4.79 Å². The lowest BCUT2D eigenvalue weighted by atomic mass is 9.96. The van der Waals surface area contributed by atoms with E-state index >= 15 is 0 Å². The van der Waals surface area contributed by atoms with Crippen LogP contribution in [0.3, 0.4) is 0 Å². The number of allylic oxidation sites excluding steroid dienone is 1. The van der Waals surface area contributed by atoms with Crippen LogP contribution < -0.4 is 5.32 Å². The first-order valence-electron chi connectivity index (χ1n) is 12.0. The van der Waals surface area contributed by atoms with Gasteiger partial charge in [-0.3, -0.25) is 10.2 Å². The average molecular weight is 458 g/mol. The first kappa shape index (κ1) is 23.1. The van der Waals surface area contributed by atoms with Gasteiger partial charge in [0.15, 0.2) is 0 Å². The molecule has 1 aromatic rings. The average Bonchev–Trinajstić information content (AvgIpc) is 3.46. The number of piperazine rings is 1. The number of likely N-dealkylation sites (tertiary alicyclic amines) is 1. The smallest absolute Gasteiger partial charge is 0.231 e. The van der Waals surface area contributed by atoms with Crippen molar-refractivity contribution in [1.82, 2.24) is 20.0 Å². The molecule has 1 unspecified atom stereocenters. The van der Waals surface area contributed by atoms with Gasteiger partial charge in [-0.05, 0) is 62.4 Å². The van der Waals surface area contributed by atoms with E-state index in [0.717, 1.165) is 56.7 Å². The van der Waals surface area contributed by atoms with Crippen LogP contribution in [0.5, 0.6) is 0 Å². The third-order valence-electron chi connectivity index (χ3n) is 7.32. The molecule has 174 valence electrons. The number of nitrogens with zero attached hydrogens (tertiary/aromatic N) is 3. The summed E-state index contributed by atoms with van der Waals surface area (Å²) in [7, 11) is 1.95. The van der Waals surface area contributed by atoms with Crippen LogP contribution in [0.4, 0.5) is 0 Å². The third kappa shape index (κ3) is 4.96. The van der Waals surface area contributed by atoms with Gasteiger partial charge in [-0.1, -0.05) is 30.7 Å². The number of carbonyl (C=O) groups excluding carboxylic acids is 1. The quantitative estimate of drug-likeness (QED) is 0.506. The Labute approximate surface area is 197 Å². The van der Waals surface area contributed by atoms with Crippen molar-refractivity contribution >= 4 is 23.3 Å². The van der Waals surface area contributed by atoms with E-state index in [1.54, 1.807) is 0 Å². The number of hydrogen-bond acceptors (Lipinski definition) is 4. The van der Waals surface area contributed by atoms with E-state index in [-0.39, 0.29) is 11.8 Å². The van der Waals surface area contributed by atoms with Crippen LogP contribution >= 0.6 is 11.6 Å². The lowest BCUT2D eigenvalue weighted by molar-refractivity contribution is -0.134. The summed E-state index contributed by atoms with van der Waals surface area (Å²) in [5, 5.41) is 12.8. The SMILES string of the molecule is CNC1=C(C(=N)N2CCN(C(=O)C(CN3CCCC3)c3ccc(Cl)cc3)CC2)[C@H](C)CC1. The van der Waals surface area contributed by atoms with Crippen molar-refractivity contribution in [2.24, 2.45) is 5.92 Å². The van der Waals surface area contributed by atoms with Crippen molar-refractivity contribution < 1.29 is 4.79 Å². The maximum atomic E-state index is 13.6. The largest absolute Gasteiger partial charge is 0.391 e. The Balaban J connectivity index is 1.43. The van der Waals surface area contributed by atoms with E-state index in [1.165, 1.54) is 18.5 Å². The van der Waals surface area contributed by atoms with E-state index < -0.39 is 0 Å². The molecule has 0 spiro atoms. The second-order valence-electron chi connectivity index (χ2n) is 9.35. The van der Waals surface area contributed by atoms with E-state index in [4.69, 9.17) is 17.0 Å². The molecule has 0 bridgehead atoms.